The van der Waals surface area contributed by atoms with Gasteiger partial charge in [-0.3, -0.25) is 5.10 Å². The lowest BCUT2D eigenvalue weighted by atomic mass is 10.0. The summed E-state index contributed by atoms with van der Waals surface area (Å²) in [7, 11) is 3.29. The maximum atomic E-state index is 5.25. The fourth-order valence-electron chi connectivity index (χ4n) is 2.16. The van der Waals surface area contributed by atoms with E-state index in [-0.39, 0.29) is 0 Å². The number of hydrogen-bond acceptors (Lipinski definition) is 4. The van der Waals surface area contributed by atoms with Gasteiger partial charge in [0.1, 0.15) is 17.2 Å². The third kappa shape index (κ3) is 2.58. The smallest absolute Gasteiger partial charge is 0.120 e. The second-order valence-corrected chi connectivity index (χ2v) is 4.50. The Balaban J connectivity index is 2.03. The highest BCUT2D eigenvalue weighted by molar-refractivity contribution is 5.78. The average Bonchev–Trinajstić information content (AvgIpc) is 3.04. The summed E-state index contributed by atoms with van der Waals surface area (Å²) in [6.07, 6.45) is 0. The van der Waals surface area contributed by atoms with Crippen LogP contribution in [0.4, 0.5) is 0 Å². The van der Waals surface area contributed by atoms with Crippen LogP contribution in [0.1, 0.15) is 0 Å². The van der Waals surface area contributed by atoms with Crippen molar-refractivity contribution in [2.24, 2.45) is 0 Å². The number of nitrogens with zero attached hydrogens (tertiary/aromatic N) is 2. The van der Waals surface area contributed by atoms with Crippen molar-refractivity contribution in [3.8, 4) is 34.0 Å². The minimum absolute atomic E-state index is 0.788. The zero-order valence-electron chi connectivity index (χ0n) is 11.8. The SMILES string of the molecule is COc1ccc(-c2[nH]nnc2-c2cccc(OC)c2)cc1. The molecular formula is C16H15N3O2. The first-order valence-electron chi connectivity index (χ1n) is 6.51. The molecule has 0 atom stereocenters. The standard InChI is InChI=1S/C16H15N3O2/c1-20-13-8-6-11(7-9-13)15-16(18-19-17-15)12-4-3-5-14(10-12)21-2/h3-10H,1-2H3,(H,17,18,19). The first-order valence-corrected chi connectivity index (χ1v) is 6.51. The molecule has 106 valence electrons. The van der Waals surface area contributed by atoms with Crippen molar-refractivity contribution >= 4 is 0 Å². The summed E-state index contributed by atoms with van der Waals surface area (Å²) in [6, 6.07) is 15.5. The molecule has 0 fully saturated rings. The second kappa shape index (κ2) is 5.66. The molecule has 0 saturated carbocycles. The molecule has 1 N–H and O–H groups in total. The van der Waals surface area contributed by atoms with Crippen LogP contribution in [0.5, 0.6) is 11.5 Å². The van der Waals surface area contributed by atoms with Crippen molar-refractivity contribution in [3.63, 3.8) is 0 Å². The summed E-state index contributed by atoms with van der Waals surface area (Å²) >= 11 is 0. The first kappa shape index (κ1) is 13.2. The van der Waals surface area contributed by atoms with Gasteiger partial charge in [0.2, 0.25) is 0 Å². The second-order valence-electron chi connectivity index (χ2n) is 4.50. The minimum atomic E-state index is 0.788. The summed E-state index contributed by atoms with van der Waals surface area (Å²) < 4.78 is 10.4. The van der Waals surface area contributed by atoms with Crippen LogP contribution in [0.3, 0.4) is 0 Å². The van der Waals surface area contributed by atoms with Crippen molar-refractivity contribution < 1.29 is 9.47 Å². The third-order valence-electron chi connectivity index (χ3n) is 3.27. The molecule has 5 heteroatoms. The summed E-state index contributed by atoms with van der Waals surface area (Å²) in [5.74, 6) is 1.60. The average molecular weight is 281 g/mol. The largest absolute Gasteiger partial charge is 0.497 e. The molecule has 0 radical (unpaired) electrons. The quantitative estimate of drug-likeness (QED) is 0.798. The molecule has 0 aliphatic rings. The molecule has 0 aliphatic heterocycles. The number of nitrogens with one attached hydrogen (secondary N) is 1. The molecule has 21 heavy (non-hydrogen) atoms. The predicted molar refractivity (Wildman–Crippen MR) is 80.4 cm³/mol. The summed E-state index contributed by atoms with van der Waals surface area (Å²) in [4.78, 5) is 0. The zero-order valence-corrected chi connectivity index (χ0v) is 11.8. The van der Waals surface area contributed by atoms with E-state index in [0.717, 1.165) is 34.0 Å². The fourth-order valence-corrected chi connectivity index (χ4v) is 2.16. The lowest BCUT2D eigenvalue weighted by molar-refractivity contribution is 0.415. The van der Waals surface area contributed by atoms with E-state index in [0.29, 0.717) is 0 Å². The summed E-state index contributed by atoms with van der Waals surface area (Å²) in [6.45, 7) is 0. The van der Waals surface area contributed by atoms with Crippen molar-refractivity contribution in [2.75, 3.05) is 14.2 Å². The van der Waals surface area contributed by atoms with Crippen LogP contribution in [0.25, 0.3) is 22.5 Å². The van der Waals surface area contributed by atoms with Gasteiger partial charge >= 0.3 is 0 Å². The molecule has 0 unspecified atom stereocenters. The Labute approximate surface area is 122 Å². The maximum Gasteiger partial charge on any atom is 0.120 e. The summed E-state index contributed by atoms with van der Waals surface area (Å²) in [5, 5.41) is 11.1. The Kier molecular flexibility index (Phi) is 3.55. The van der Waals surface area contributed by atoms with E-state index in [1.807, 2.05) is 48.5 Å². The number of benzene rings is 2. The highest BCUT2D eigenvalue weighted by Crippen LogP contribution is 2.30. The Hall–Kier alpha value is -2.82. The monoisotopic (exact) mass is 281 g/mol. The van der Waals surface area contributed by atoms with Gasteiger partial charge in [0.25, 0.3) is 0 Å². The van der Waals surface area contributed by atoms with Gasteiger partial charge in [-0.2, -0.15) is 0 Å². The predicted octanol–water partition coefficient (Wildman–Crippen LogP) is 3.16. The van der Waals surface area contributed by atoms with E-state index in [1.54, 1.807) is 14.2 Å². The van der Waals surface area contributed by atoms with Crippen LogP contribution < -0.4 is 9.47 Å². The number of H-pyrrole nitrogens is 1. The van der Waals surface area contributed by atoms with Gasteiger partial charge < -0.3 is 9.47 Å². The van der Waals surface area contributed by atoms with Gasteiger partial charge in [0, 0.05) is 11.1 Å². The zero-order chi connectivity index (χ0) is 14.7. The van der Waals surface area contributed by atoms with Crippen LogP contribution >= 0.6 is 0 Å². The lowest BCUT2D eigenvalue weighted by Gasteiger charge is -2.05. The summed E-state index contributed by atoms with van der Waals surface area (Å²) in [5.41, 5.74) is 3.61. The van der Waals surface area contributed by atoms with Crippen molar-refractivity contribution in [1.82, 2.24) is 15.4 Å². The topological polar surface area (TPSA) is 60.0 Å². The van der Waals surface area contributed by atoms with E-state index in [2.05, 4.69) is 15.4 Å². The lowest BCUT2D eigenvalue weighted by Crippen LogP contribution is -1.87. The molecular weight excluding hydrogens is 266 g/mol. The van der Waals surface area contributed by atoms with E-state index in [9.17, 15) is 0 Å². The Morgan fingerprint density at radius 1 is 0.857 bits per heavy atom. The van der Waals surface area contributed by atoms with Gasteiger partial charge in [0.15, 0.2) is 0 Å². The highest BCUT2D eigenvalue weighted by Gasteiger charge is 2.12. The Bertz CT molecular complexity index is 735. The van der Waals surface area contributed by atoms with Crippen LogP contribution in [0.15, 0.2) is 48.5 Å². The Morgan fingerprint density at radius 2 is 1.62 bits per heavy atom. The number of hydrogen-bond donors (Lipinski definition) is 1. The number of aromatic nitrogens is 3. The van der Waals surface area contributed by atoms with Gasteiger partial charge in [-0.25, -0.2) is 0 Å². The fraction of sp³-hybridized carbons (Fsp3) is 0.125. The molecule has 0 spiro atoms. The van der Waals surface area contributed by atoms with Crippen LogP contribution in [-0.4, -0.2) is 29.6 Å². The van der Waals surface area contributed by atoms with Gasteiger partial charge in [-0.1, -0.05) is 17.3 Å². The van der Waals surface area contributed by atoms with Crippen molar-refractivity contribution in [1.29, 1.82) is 0 Å². The van der Waals surface area contributed by atoms with Crippen LogP contribution in [0.2, 0.25) is 0 Å². The normalized spacial score (nSPS) is 10.4. The molecule has 3 aromatic rings. The van der Waals surface area contributed by atoms with E-state index in [4.69, 9.17) is 9.47 Å². The van der Waals surface area contributed by atoms with Crippen molar-refractivity contribution in [3.05, 3.63) is 48.5 Å². The van der Waals surface area contributed by atoms with E-state index in [1.165, 1.54) is 0 Å². The molecule has 1 heterocycles. The molecule has 0 aliphatic carbocycles. The minimum Gasteiger partial charge on any atom is -0.497 e. The molecule has 2 aromatic carbocycles. The molecule has 5 nitrogen and oxygen atoms in total. The molecule has 0 amide bonds. The van der Waals surface area contributed by atoms with E-state index >= 15 is 0 Å². The molecule has 3 rings (SSSR count). The molecule has 1 aromatic heterocycles. The van der Waals surface area contributed by atoms with Gasteiger partial charge in [-0.05, 0) is 36.4 Å². The number of methoxy groups -OCH3 is 2. The van der Waals surface area contributed by atoms with E-state index < -0.39 is 0 Å². The molecule has 0 saturated heterocycles. The maximum absolute atomic E-state index is 5.25. The van der Waals surface area contributed by atoms with Crippen LogP contribution in [0, 0.1) is 0 Å². The van der Waals surface area contributed by atoms with Gasteiger partial charge in [-0.15, -0.1) is 5.10 Å². The number of ether oxygens (including phenoxy) is 2. The van der Waals surface area contributed by atoms with Gasteiger partial charge in [0.05, 0.1) is 19.9 Å². The van der Waals surface area contributed by atoms with Crippen LogP contribution in [-0.2, 0) is 0 Å². The first-order chi connectivity index (χ1) is 10.3. The Morgan fingerprint density at radius 3 is 2.33 bits per heavy atom. The molecule has 0 bridgehead atoms. The number of rotatable bonds is 4. The van der Waals surface area contributed by atoms with Crippen molar-refractivity contribution in [2.45, 2.75) is 0 Å². The highest BCUT2D eigenvalue weighted by atomic mass is 16.5. The number of aromatic amines is 1. The third-order valence-corrected chi connectivity index (χ3v) is 3.27.